The lowest BCUT2D eigenvalue weighted by Gasteiger charge is -2.36. The van der Waals surface area contributed by atoms with E-state index in [9.17, 15) is 4.79 Å². The van der Waals surface area contributed by atoms with Gasteiger partial charge in [-0.2, -0.15) is 0 Å². The van der Waals surface area contributed by atoms with Crippen LogP contribution >= 0.6 is 0 Å². The zero-order valence-electron chi connectivity index (χ0n) is 19.8. The summed E-state index contributed by atoms with van der Waals surface area (Å²) in [6.45, 7) is 11.7. The molecule has 0 radical (unpaired) electrons. The summed E-state index contributed by atoms with van der Waals surface area (Å²) < 4.78 is 18.5. The van der Waals surface area contributed by atoms with E-state index in [0.29, 0.717) is 24.3 Å². The minimum absolute atomic E-state index is 0.127. The van der Waals surface area contributed by atoms with Crippen LogP contribution in [-0.4, -0.2) is 50.0 Å². The predicted octanol–water partition coefficient (Wildman–Crippen LogP) is 4.99. The normalized spacial score (nSPS) is 24.9. The van der Waals surface area contributed by atoms with Gasteiger partial charge in [-0.1, -0.05) is 18.7 Å². The van der Waals surface area contributed by atoms with Crippen LogP contribution in [0.25, 0.3) is 0 Å². The Labute approximate surface area is 200 Å². The number of rotatable bonds is 6. The van der Waals surface area contributed by atoms with Crippen LogP contribution in [0.4, 0.5) is 5.69 Å². The standard InChI is InChI=1S/C28H30N2O4/c1-18(2)17-32-23-10-7-20-16-30(4)14-13-28-12-11-22(15-24(28)34-26(23)25(20)28)33-27(31)19-5-8-21(29-3)9-6-19/h5-12,22,24H,1,3,13-17H2,2,4H3. The van der Waals surface area contributed by atoms with Gasteiger partial charge < -0.3 is 19.1 Å². The van der Waals surface area contributed by atoms with Gasteiger partial charge in [-0.15, -0.1) is 0 Å². The van der Waals surface area contributed by atoms with E-state index in [0.717, 1.165) is 36.6 Å². The van der Waals surface area contributed by atoms with Gasteiger partial charge in [0.1, 0.15) is 18.8 Å². The number of ether oxygens (including phenoxy) is 3. The van der Waals surface area contributed by atoms with Gasteiger partial charge in [0, 0.05) is 18.5 Å². The third-order valence-electron chi connectivity index (χ3n) is 6.93. The van der Waals surface area contributed by atoms with Crippen LogP contribution in [0.1, 0.15) is 41.3 Å². The second-order valence-electron chi connectivity index (χ2n) is 9.55. The Balaban J connectivity index is 1.43. The van der Waals surface area contributed by atoms with Crippen LogP contribution in [0.3, 0.4) is 0 Å². The first-order chi connectivity index (χ1) is 16.4. The van der Waals surface area contributed by atoms with Gasteiger partial charge in [0.15, 0.2) is 11.5 Å². The van der Waals surface area contributed by atoms with Gasteiger partial charge >= 0.3 is 5.97 Å². The van der Waals surface area contributed by atoms with Crippen molar-refractivity contribution in [3.8, 4) is 11.5 Å². The smallest absolute Gasteiger partial charge is 0.338 e. The highest BCUT2D eigenvalue weighted by Gasteiger charge is 2.53. The third-order valence-corrected chi connectivity index (χ3v) is 6.93. The van der Waals surface area contributed by atoms with Crippen molar-refractivity contribution in [3.63, 3.8) is 0 Å². The molecule has 2 aliphatic heterocycles. The highest BCUT2D eigenvalue weighted by Crippen LogP contribution is 2.56. The summed E-state index contributed by atoms with van der Waals surface area (Å²) in [4.78, 5) is 19.0. The van der Waals surface area contributed by atoms with E-state index >= 15 is 0 Å². The monoisotopic (exact) mass is 458 g/mol. The molecule has 0 aromatic heterocycles. The first-order valence-electron chi connectivity index (χ1n) is 11.7. The van der Waals surface area contributed by atoms with Crippen LogP contribution in [0.15, 0.2) is 65.7 Å². The molecule has 0 amide bonds. The molecule has 1 aliphatic carbocycles. The third kappa shape index (κ3) is 3.92. The van der Waals surface area contributed by atoms with Crippen molar-refractivity contribution in [3.05, 3.63) is 77.4 Å². The van der Waals surface area contributed by atoms with Gasteiger partial charge in [0.25, 0.3) is 0 Å². The van der Waals surface area contributed by atoms with Crippen molar-refractivity contribution < 1.29 is 19.0 Å². The van der Waals surface area contributed by atoms with E-state index in [1.807, 2.05) is 19.1 Å². The Morgan fingerprint density at radius 3 is 2.79 bits per heavy atom. The topological polar surface area (TPSA) is 60.4 Å². The summed E-state index contributed by atoms with van der Waals surface area (Å²) in [5.74, 6) is 1.21. The molecule has 0 N–H and O–H groups in total. The van der Waals surface area contributed by atoms with E-state index in [1.54, 1.807) is 24.3 Å². The Bertz CT molecular complexity index is 1170. The lowest BCUT2D eigenvalue weighted by molar-refractivity contribution is 0.0217. The molecule has 6 nitrogen and oxygen atoms in total. The molecule has 0 bridgehead atoms. The Kier molecular flexibility index (Phi) is 5.78. The molecule has 0 saturated carbocycles. The number of hydrogen-bond acceptors (Lipinski definition) is 6. The van der Waals surface area contributed by atoms with Crippen LogP contribution in [-0.2, 0) is 16.7 Å². The second kappa shape index (κ2) is 8.76. The average Bonchev–Trinajstić information content (AvgIpc) is 3.09. The van der Waals surface area contributed by atoms with Crippen molar-refractivity contribution in [2.45, 2.75) is 43.9 Å². The summed E-state index contributed by atoms with van der Waals surface area (Å²) in [7, 11) is 2.15. The number of hydrogen-bond donors (Lipinski definition) is 0. The fourth-order valence-corrected chi connectivity index (χ4v) is 5.21. The molecule has 34 heavy (non-hydrogen) atoms. The van der Waals surface area contributed by atoms with Gasteiger partial charge in [-0.25, -0.2) is 4.79 Å². The minimum Gasteiger partial charge on any atom is -0.485 e. The summed E-state index contributed by atoms with van der Waals surface area (Å²) in [6, 6.07) is 11.1. The molecule has 5 rings (SSSR count). The summed E-state index contributed by atoms with van der Waals surface area (Å²) in [5, 5.41) is 0. The van der Waals surface area contributed by atoms with Crippen molar-refractivity contribution in [1.29, 1.82) is 0 Å². The van der Waals surface area contributed by atoms with E-state index in [4.69, 9.17) is 14.2 Å². The average molecular weight is 459 g/mol. The number of nitrogens with zero attached hydrogens (tertiary/aromatic N) is 2. The zero-order chi connectivity index (χ0) is 23.9. The van der Waals surface area contributed by atoms with E-state index < -0.39 is 0 Å². The van der Waals surface area contributed by atoms with Gasteiger partial charge in [0.05, 0.1) is 16.7 Å². The molecule has 2 heterocycles. The summed E-state index contributed by atoms with van der Waals surface area (Å²) in [6.07, 6.45) is 5.28. The molecule has 1 spiro atoms. The van der Waals surface area contributed by atoms with Crippen molar-refractivity contribution in [2.24, 2.45) is 4.99 Å². The van der Waals surface area contributed by atoms with Crippen LogP contribution in [0, 0.1) is 0 Å². The Hall–Kier alpha value is -3.38. The second-order valence-corrected chi connectivity index (χ2v) is 9.55. The molecular weight excluding hydrogens is 428 g/mol. The zero-order valence-corrected chi connectivity index (χ0v) is 19.8. The number of benzene rings is 2. The number of carbonyl (C=O) groups excluding carboxylic acids is 1. The number of aliphatic imine (C=N–C) groups is 1. The first kappa shape index (κ1) is 22.4. The maximum absolute atomic E-state index is 12.8. The van der Waals surface area contributed by atoms with E-state index in [2.05, 4.69) is 42.4 Å². The number of esters is 1. The Morgan fingerprint density at radius 1 is 1.26 bits per heavy atom. The summed E-state index contributed by atoms with van der Waals surface area (Å²) in [5.41, 5.74) is 4.39. The van der Waals surface area contributed by atoms with Crippen LogP contribution in [0.5, 0.6) is 11.5 Å². The van der Waals surface area contributed by atoms with Gasteiger partial charge in [-0.05, 0) is 81.2 Å². The first-order valence-corrected chi connectivity index (χ1v) is 11.7. The molecule has 6 heteroatoms. The van der Waals surface area contributed by atoms with Crippen molar-refractivity contribution >= 4 is 18.4 Å². The molecule has 2 aromatic rings. The lowest BCUT2D eigenvalue weighted by atomic mass is 9.69. The largest absolute Gasteiger partial charge is 0.485 e. The fraction of sp³-hybridized carbons (Fsp3) is 0.357. The van der Waals surface area contributed by atoms with Crippen molar-refractivity contribution in [1.82, 2.24) is 4.90 Å². The molecule has 0 fully saturated rings. The molecule has 3 unspecified atom stereocenters. The predicted molar refractivity (Wildman–Crippen MR) is 132 cm³/mol. The molecule has 3 atom stereocenters. The fourth-order valence-electron chi connectivity index (χ4n) is 5.21. The SMILES string of the molecule is C=Nc1ccc(C(=O)OC2C=CC34CCN(C)Cc5ccc(OCC(=C)C)c(c53)OC4C2)cc1. The van der Waals surface area contributed by atoms with Crippen LogP contribution < -0.4 is 9.47 Å². The molecule has 3 aliphatic rings. The van der Waals surface area contributed by atoms with Gasteiger partial charge in [0.2, 0.25) is 0 Å². The minimum atomic E-state index is -0.362. The molecular formula is C28H30N2O4. The summed E-state index contributed by atoms with van der Waals surface area (Å²) >= 11 is 0. The van der Waals surface area contributed by atoms with Crippen molar-refractivity contribution in [2.75, 3.05) is 20.2 Å². The van der Waals surface area contributed by atoms with E-state index in [1.165, 1.54) is 11.1 Å². The molecule has 2 aromatic carbocycles. The highest BCUT2D eigenvalue weighted by atomic mass is 16.6. The molecule has 176 valence electrons. The van der Waals surface area contributed by atoms with E-state index in [-0.39, 0.29) is 23.6 Å². The lowest BCUT2D eigenvalue weighted by Crippen LogP contribution is -2.43. The maximum Gasteiger partial charge on any atom is 0.338 e. The maximum atomic E-state index is 12.8. The molecule has 0 saturated heterocycles. The quantitative estimate of drug-likeness (QED) is 0.347. The van der Waals surface area contributed by atoms with Crippen LogP contribution in [0.2, 0.25) is 0 Å². The Morgan fingerprint density at radius 2 is 2.06 bits per heavy atom. The van der Waals surface area contributed by atoms with Gasteiger partial charge in [-0.3, -0.25) is 4.99 Å². The highest BCUT2D eigenvalue weighted by molar-refractivity contribution is 5.90. The number of carbonyl (C=O) groups is 1.